The normalized spacial score (nSPS) is 14.5. The molecule has 1 saturated heterocycles. The number of amides is 2. The molecule has 7 heteroatoms. The number of methoxy groups -OCH3 is 2. The second-order valence-electron chi connectivity index (χ2n) is 6.57. The van der Waals surface area contributed by atoms with Gasteiger partial charge in [0.2, 0.25) is 0 Å². The maximum absolute atomic E-state index is 13.0. The van der Waals surface area contributed by atoms with E-state index in [2.05, 4.69) is 5.32 Å². The van der Waals surface area contributed by atoms with Crippen molar-refractivity contribution in [2.75, 3.05) is 27.3 Å². The molecular formula is C21H25FN2O4. The van der Waals surface area contributed by atoms with Gasteiger partial charge in [0.1, 0.15) is 17.7 Å². The molecule has 0 radical (unpaired) electrons. The third-order valence-electron chi connectivity index (χ3n) is 4.76. The molecule has 1 heterocycles. The number of halogens is 1. The molecule has 1 fully saturated rings. The van der Waals surface area contributed by atoms with Crippen molar-refractivity contribution in [2.45, 2.75) is 25.5 Å². The van der Waals surface area contributed by atoms with E-state index in [9.17, 15) is 9.18 Å². The SMILES string of the molecule is COc1cccc(CNC(=O)N2CCC(Oc3ccc(F)cc3)CC2)c1OC. The summed E-state index contributed by atoms with van der Waals surface area (Å²) in [6.07, 6.45) is 1.48. The van der Waals surface area contributed by atoms with Gasteiger partial charge in [0, 0.05) is 38.0 Å². The van der Waals surface area contributed by atoms with Gasteiger partial charge in [-0.2, -0.15) is 0 Å². The number of para-hydroxylation sites is 1. The third-order valence-corrected chi connectivity index (χ3v) is 4.76. The van der Waals surface area contributed by atoms with E-state index < -0.39 is 0 Å². The standard InChI is InChI=1S/C21H25FN2O4/c1-26-19-5-3-4-15(20(19)27-2)14-23-21(25)24-12-10-18(11-13-24)28-17-8-6-16(22)7-9-17/h3-9,18H,10-14H2,1-2H3,(H,23,25). The van der Waals surface area contributed by atoms with Crippen LogP contribution in [0.5, 0.6) is 17.2 Å². The highest BCUT2D eigenvalue weighted by Crippen LogP contribution is 2.30. The second-order valence-corrected chi connectivity index (χ2v) is 6.57. The van der Waals surface area contributed by atoms with E-state index in [1.165, 1.54) is 12.1 Å². The molecule has 1 aliphatic rings. The monoisotopic (exact) mass is 388 g/mol. The zero-order valence-electron chi connectivity index (χ0n) is 16.1. The Hall–Kier alpha value is -2.96. The molecular weight excluding hydrogens is 363 g/mol. The molecule has 6 nitrogen and oxygen atoms in total. The van der Waals surface area contributed by atoms with Crippen LogP contribution >= 0.6 is 0 Å². The average molecular weight is 388 g/mol. The van der Waals surface area contributed by atoms with Gasteiger partial charge >= 0.3 is 6.03 Å². The zero-order valence-corrected chi connectivity index (χ0v) is 16.1. The number of nitrogens with zero attached hydrogens (tertiary/aromatic N) is 1. The van der Waals surface area contributed by atoms with E-state index in [1.54, 1.807) is 31.3 Å². The number of ether oxygens (including phenoxy) is 3. The summed E-state index contributed by atoms with van der Waals surface area (Å²) in [5.41, 5.74) is 0.852. The summed E-state index contributed by atoms with van der Waals surface area (Å²) in [7, 11) is 3.16. The van der Waals surface area contributed by atoms with E-state index >= 15 is 0 Å². The predicted octanol–water partition coefficient (Wildman–Crippen LogP) is 3.60. The van der Waals surface area contributed by atoms with E-state index in [4.69, 9.17) is 14.2 Å². The number of nitrogens with one attached hydrogen (secondary N) is 1. The van der Waals surface area contributed by atoms with Crippen LogP contribution in [-0.2, 0) is 6.54 Å². The first-order valence-electron chi connectivity index (χ1n) is 9.25. The van der Waals surface area contributed by atoms with Crippen molar-refractivity contribution in [2.24, 2.45) is 0 Å². The lowest BCUT2D eigenvalue weighted by Crippen LogP contribution is -2.46. The van der Waals surface area contributed by atoms with Gasteiger partial charge in [0.15, 0.2) is 11.5 Å². The number of benzene rings is 2. The molecule has 150 valence electrons. The van der Waals surface area contributed by atoms with Gasteiger partial charge in [0.05, 0.1) is 14.2 Å². The number of carbonyl (C=O) groups is 1. The fourth-order valence-corrected chi connectivity index (χ4v) is 3.26. The minimum absolute atomic E-state index is 0.0213. The summed E-state index contributed by atoms with van der Waals surface area (Å²) in [6, 6.07) is 11.5. The fourth-order valence-electron chi connectivity index (χ4n) is 3.26. The van der Waals surface area contributed by atoms with Gasteiger partial charge in [-0.1, -0.05) is 12.1 Å². The highest BCUT2D eigenvalue weighted by atomic mass is 19.1. The maximum Gasteiger partial charge on any atom is 0.317 e. The summed E-state index contributed by atoms with van der Waals surface area (Å²) in [5, 5.41) is 2.93. The van der Waals surface area contributed by atoms with E-state index in [0.717, 1.165) is 18.4 Å². The van der Waals surface area contributed by atoms with Crippen molar-refractivity contribution in [3.05, 3.63) is 53.8 Å². The Kier molecular flexibility index (Phi) is 6.57. The molecule has 2 aromatic carbocycles. The largest absolute Gasteiger partial charge is 0.493 e. The Morgan fingerprint density at radius 3 is 2.46 bits per heavy atom. The third kappa shape index (κ3) is 4.85. The van der Waals surface area contributed by atoms with Gasteiger partial charge < -0.3 is 24.4 Å². The smallest absolute Gasteiger partial charge is 0.317 e. The fraction of sp³-hybridized carbons (Fsp3) is 0.381. The summed E-state index contributed by atoms with van der Waals surface area (Å²) in [6.45, 7) is 1.56. The minimum Gasteiger partial charge on any atom is -0.493 e. The van der Waals surface area contributed by atoms with E-state index in [-0.39, 0.29) is 18.0 Å². The van der Waals surface area contributed by atoms with Crippen LogP contribution in [0, 0.1) is 5.82 Å². The van der Waals surface area contributed by atoms with Crippen molar-refractivity contribution in [3.63, 3.8) is 0 Å². The molecule has 2 aromatic rings. The predicted molar refractivity (Wildman–Crippen MR) is 103 cm³/mol. The summed E-state index contributed by atoms with van der Waals surface area (Å²) in [5.74, 6) is 1.62. The van der Waals surface area contributed by atoms with Gasteiger partial charge in [-0.25, -0.2) is 9.18 Å². The Bertz CT molecular complexity index is 789. The average Bonchev–Trinajstić information content (AvgIpc) is 2.73. The molecule has 0 bridgehead atoms. The second kappa shape index (κ2) is 9.30. The summed E-state index contributed by atoms with van der Waals surface area (Å²) >= 11 is 0. The molecule has 0 aromatic heterocycles. The van der Waals surface area contributed by atoms with Gasteiger partial charge in [-0.05, 0) is 30.3 Å². The van der Waals surface area contributed by atoms with Gasteiger partial charge in [0.25, 0.3) is 0 Å². The molecule has 0 spiro atoms. The van der Waals surface area contributed by atoms with Crippen molar-refractivity contribution in [3.8, 4) is 17.2 Å². The maximum atomic E-state index is 13.0. The number of urea groups is 1. The van der Waals surface area contributed by atoms with Crippen LogP contribution in [0.2, 0.25) is 0 Å². The molecule has 0 unspecified atom stereocenters. The van der Waals surface area contributed by atoms with Crippen LogP contribution < -0.4 is 19.5 Å². The summed E-state index contributed by atoms with van der Waals surface area (Å²) in [4.78, 5) is 14.3. The Balaban J connectivity index is 1.48. The van der Waals surface area contributed by atoms with Gasteiger partial charge in [-0.15, -0.1) is 0 Å². The van der Waals surface area contributed by atoms with Crippen LogP contribution in [-0.4, -0.2) is 44.3 Å². The molecule has 1 N–H and O–H groups in total. The summed E-state index contributed by atoms with van der Waals surface area (Å²) < 4.78 is 29.5. The van der Waals surface area contributed by atoms with Crippen LogP contribution in [0.1, 0.15) is 18.4 Å². The Morgan fingerprint density at radius 1 is 1.11 bits per heavy atom. The van der Waals surface area contributed by atoms with Crippen LogP contribution in [0.25, 0.3) is 0 Å². The van der Waals surface area contributed by atoms with Crippen molar-refractivity contribution in [1.82, 2.24) is 10.2 Å². The van der Waals surface area contributed by atoms with Crippen LogP contribution in [0.3, 0.4) is 0 Å². The van der Waals surface area contributed by atoms with Crippen LogP contribution in [0.4, 0.5) is 9.18 Å². The van der Waals surface area contributed by atoms with Crippen molar-refractivity contribution < 1.29 is 23.4 Å². The van der Waals surface area contributed by atoms with Gasteiger partial charge in [-0.3, -0.25) is 0 Å². The molecule has 1 aliphatic heterocycles. The lowest BCUT2D eigenvalue weighted by atomic mass is 10.1. The van der Waals surface area contributed by atoms with Crippen molar-refractivity contribution >= 4 is 6.03 Å². The minimum atomic E-state index is -0.286. The molecule has 3 rings (SSSR count). The Morgan fingerprint density at radius 2 is 1.82 bits per heavy atom. The first-order chi connectivity index (χ1) is 13.6. The highest BCUT2D eigenvalue weighted by molar-refractivity contribution is 5.74. The van der Waals surface area contributed by atoms with E-state index in [1.807, 2.05) is 18.2 Å². The zero-order chi connectivity index (χ0) is 19.9. The molecule has 0 atom stereocenters. The number of carbonyl (C=O) groups excluding carboxylic acids is 1. The first-order valence-corrected chi connectivity index (χ1v) is 9.25. The van der Waals surface area contributed by atoms with Crippen LogP contribution in [0.15, 0.2) is 42.5 Å². The molecule has 2 amide bonds. The van der Waals surface area contributed by atoms with Crippen molar-refractivity contribution in [1.29, 1.82) is 0 Å². The molecule has 0 aliphatic carbocycles. The molecule has 28 heavy (non-hydrogen) atoms. The first kappa shape index (κ1) is 19.8. The Labute approximate surface area is 164 Å². The highest BCUT2D eigenvalue weighted by Gasteiger charge is 2.24. The van der Waals surface area contributed by atoms with E-state index in [0.29, 0.717) is 36.9 Å². The number of hydrogen-bond donors (Lipinski definition) is 1. The quantitative estimate of drug-likeness (QED) is 0.822. The number of piperidine rings is 1. The number of hydrogen-bond acceptors (Lipinski definition) is 4. The lowest BCUT2D eigenvalue weighted by Gasteiger charge is -2.32. The lowest BCUT2D eigenvalue weighted by molar-refractivity contribution is 0.111. The number of rotatable bonds is 6. The number of likely N-dealkylation sites (tertiary alicyclic amines) is 1. The molecule has 0 saturated carbocycles. The topological polar surface area (TPSA) is 60.0 Å².